The van der Waals surface area contributed by atoms with Crippen LogP contribution in [0.25, 0.3) is 0 Å². The second-order valence-electron chi connectivity index (χ2n) is 4.33. The van der Waals surface area contributed by atoms with Crippen LogP contribution in [0.4, 0.5) is 11.4 Å². The van der Waals surface area contributed by atoms with Gasteiger partial charge in [0, 0.05) is 23.7 Å². The monoisotopic (exact) mass is 342 g/mol. The summed E-state index contributed by atoms with van der Waals surface area (Å²) < 4.78 is 0. The number of anilines is 2. The van der Waals surface area contributed by atoms with Crippen molar-refractivity contribution >= 4 is 52.1 Å². The van der Waals surface area contributed by atoms with Gasteiger partial charge in [-0.05, 0) is 30.3 Å². The molecule has 0 aliphatic carbocycles. The molecule has 0 aliphatic rings. The Hall–Kier alpha value is -1.42. The van der Waals surface area contributed by atoms with Crippen LogP contribution in [0.1, 0.15) is 6.42 Å². The van der Waals surface area contributed by atoms with Gasteiger partial charge in [-0.2, -0.15) is 0 Å². The summed E-state index contributed by atoms with van der Waals surface area (Å²) in [6.45, 7) is 0.480. The van der Waals surface area contributed by atoms with Crippen molar-refractivity contribution in [3.63, 3.8) is 0 Å². The van der Waals surface area contributed by atoms with E-state index < -0.39 is 0 Å². The summed E-state index contributed by atoms with van der Waals surface area (Å²) >= 11 is 17.9. The van der Waals surface area contributed by atoms with Crippen LogP contribution in [0.15, 0.2) is 42.5 Å². The SMILES string of the molecule is O=C(CCNc1cccc(Cl)c1)Nc1c(Cl)cccc1Cl. The predicted molar refractivity (Wildman–Crippen MR) is 89.7 cm³/mol. The van der Waals surface area contributed by atoms with Gasteiger partial charge >= 0.3 is 0 Å². The molecule has 0 unspecified atom stereocenters. The molecule has 2 aromatic rings. The minimum Gasteiger partial charge on any atom is -0.384 e. The molecule has 0 spiro atoms. The zero-order valence-electron chi connectivity index (χ0n) is 11.0. The second kappa shape index (κ2) is 7.55. The number of amides is 1. The van der Waals surface area contributed by atoms with E-state index in [1.165, 1.54) is 0 Å². The number of carbonyl (C=O) groups is 1. The fourth-order valence-electron chi connectivity index (χ4n) is 1.74. The van der Waals surface area contributed by atoms with E-state index in [1.54, 1.807) is 30.3 Å². The first kappa shape index (κ1) is 16.0. The Balaban J connectivity index is 1.85. The van der Waals surface area contributed by atoms with Crippen molar-refractivity contribution in [3.05, 3.63) is 57.5 Å². The second-order valence-corrected chi connectivity index (χ2v) is 5.58. The summed E-state index contributed by atoms with van der Waals surface area (Å²) in [4.78, 5) is 11.9. The minimum atomic E-state index is -0.167. The van der Waals surface area contributed by atoms with E-state index in [9.17, 15) is 4.79 Å². The number of hydrogen-bond donors (Lipinski definition) is 2. The normalized spacial score (nSPS) is 10.2. The molecule has 21 heavy (non-hydrogen) atoms. The van der Waals surface area contributed by atoms with Gasteiger partial charge in [0.25, 0.3) is 0 Å². The molecule has 2 rings (SSSR count). The Morgan fingerprint density at radius 3 is 2.33 bits per heavy atom. The Labute approximate surface area is 138 Å². The van der Waals surface area contributed by atoms with E-state index in [4.69, 9.17) is 34.8 Å². The van der Waals surface area contributed by atoms with Crippen molar-refractivity contribution in [2.75, 3.05) is 17.2 Å². The number of nitrogens with one attached hydrogen (secondary N) is 2. The molecule has 0 saturated heterocycles. The van der Waals surface area contributed by atoms with Gasteiger partial charge in [-0.25, -0.2) is 0 Å². The summed E-state index contributed by atoms with van der Waals surface area (Å²) in [6.07, 6.45) is 0.286. The Kier molecular flexibility index (Phi) is 5.74. The van der Waals surface area contributed by atoms with Crippen LogP contribution in [0.3, 0.4) is 0 Å². The number of rotatable bonds is 5. The molecule has 1 amide bonds. The summed E-state index contributed by atoms with van der Waals surface area (Å²) in [7, 11) is 0. The third-order valence-electron chi connectivity index (χ3n) is 2.73. The summed E-state index contributed by atoms with van der Waals surface area (Å²) in [5, 5.41) is 7.30. The van der Waals surface area contributed by atoms with Crippen LogP contribution in [0.5, 0.6) is 0 Å². The number of hydrogen-bond acceptors (Lipinski definition) is 2. The highest BCUT2D eigenvalue weighted by molar-refractivity contribution is 6.39. The molecule has 2 aromatic carbocycles. The molecule has 0 aliphatic heterocycles. The highest BCUT2D eigenvalue weighted by Gasteiger charge is 2.09. The average Bonchev–Trinajstić information content (AvgIpc) is 2.43. The third kappa shape index (κ3) is 4.81. The topological polar surface area (TPSA) is 41.1 Å². The van der Waals surface area contributed by atoms with E-state index in [2.05, 4.69) is 10.6 Å². The van der Waals surface area contributed by atoms with E-state index in [0.29, 0.717) is 27.3 Å². The Morgan fingerprint density at radius 2 is 1.67 bits per heavy atom. The summed E-state index contributed by atoms with van der Waals surface area (Å²) in [5.74, 6) is -0.167. The predicted octanol–water partition coefficient (Wildman–Crippen LogP) is 5.09. The first-order valence-corrected chi connectivity index (χ1v) is 7.43. The van der Waals surface area contributed by atoms with Crippen LogP contribution in [-0.4, -0.2) is 12.5 Å². The minimum absolute atomic E-state index is 0.167. The Bertz CT molecular complexity index is 626. The van der Waals surface area contributed by atoms with Crippen molar-refractivity contribution in [2.24, 2.45) is 0 Å². The van der Waals surface area contributed by atoms with Crippen molar-refractivity contribution in [3.8, 4) is 0 Å². The molecule has 6 heteroatoms. The van der Waals surface area contributed by atoms with E-state index >= 15 is 0 Å². The van der Waals surface area contributed by atoms with E-state index in [0.717, 1.165) is 5.69 Å². The average molecular weight is 344 g/mol. The van der Waals surface area contributed by atoms with Gasteiger partial charge in [-0.15, -0.1) is 0 Å². The molecule has 110 valence electrons. The molecular weight excluding hydrogens is 331 g/mol. The van der Waals surface area contributed by atoms with Crippen LogP contribution >= 0.6 is 34.8 Å². The van der Waals surface area contributed by atoms with E-state index in [-0.39, 0.29) is 12.3 Å². The van der Waals surface area contributed by atoms with Crippen LogP contribution in [0.2, 0.25) is 15.1 Å². The fourth-order valence-corrected chi connectivity index (χ4v) is 2.42. The van der Waals surface area contributed by atoms with Gasteiger partial charge in [0.2, 0.25) is 5.91 Å². The first-order valence-electron chi connectivity index (χ1n) is 6.29. The lowest BCUT2D eigenvalue weighted by molar-refractivity contribution is -0.115. The van der Waals surface area contributed by atoms with E-state index in [1.807, 2.05) is 12.1 Å². The van der Waals surface area contributed by atoms with Crippen LogP contribution in [0, 0.1) is 0 Å². The lowest BCUT2D eigenvalue weighted by Crippen LogP contribution is -2.16. The van der Waals surface area contributed by atoms with Crippen LogP contribution in [-0.2, 0) is 4.79 Å². The first-order chi connectivity index (χ1) is 10.1. The van der Waals surface area contributed by atoms with Gasteiger partial charge in [0.05, 0.1) is 15.7 Å². The standard InChI is InChI=1S/C15H13Cl3N2O/c16-10-3-1-4-11(9-10)19-8-7-14(21)20-15-12(17)5-2-6-13(15)18/h1-6,9,19H,7-8H2,(H,20,21). The molecule has 0 aromatic heterocycles. The quantitative estimate of drug-likeness (QED) is 0.794. The van der Waals surface area contributed by atoms with Crippen molar-refractivity contribution < 1.29 is 4.79 Å². The van der Waals surface area contributed by atoms with Crippen LogP contribution < -0.4 is 10.6 Å². The maximum absolute atomic E-state index is 11.9. The molecule has 0 saturated carbocycles. The number of carbonyl (C=O) groups excluding carboxylic acids is 1. The molecule has 0 atom stereocenters. The van der Waals surface area contributed by atoms with Gasteiger partial charge in [0.15, 0.2) is 0 Å². The van der Waals surface area contributed by atoms with Crippen molar-refractivity contribution in [1.82, 2.24) is 0 Å². The van der Waals surface area contributed by atoms with Gasteiger partial charge in [-0.1, -0.05) is 46.9 Å². The smallest absolute Gasteiger partial charge is 0.226 e. The molecule has 3 nitrogen and oxygen atoms in total. The fraction of sp³-hybridized carbons (Fsp3) is 0.133. The summed E-state index contributed by atoms with van der Waals surface area (Å²) in [5.41, 5.74) is 1.31. The van der Waals surface area contributed by atoms with Crippen molar-refractivity contribution in [2.45, 2.75) is 6.42 Å². The summed E-state index contributed by atoms with van der Waals surface area (Å²) in [6, 6.07) is 12.4. The molecule has 0 heterocycles. The molecule has 0 bridgehead atoms. The zero-order chi connectivity index (χ0) is 15.2. The lowest BCUT2D eigenvalue weighted by Gasteiger charge is -2.10. The highest BCUT2D eigenvalue weighted by atomic mass is 35.5. The third-order valence-corrected chi connectivity index (χ3v) is 3.60. The zero-order valence-corrected chi connectivity index (χ0v) is 13.3. The van der Waals surface area contributed by atoms with Gasteiger partial charge in [-0.3, -0.25) is 4.79 Å². The lowest BCUT2D eigenvalue weighted by atomic mass is 10.3. The molecule has 0 fully saturated rings. The van der Waals surface area contributed by atoms with Gasteiger partial charge < -0.3 is 10.6 Å². The Morgan fingerprint density at radius 1 is 1.00 bits per heavy atom. The highest BCUT2D eigenvalue weighted by Crippen LogP contribution is 2.29. The molecular formula is C15H13Cl3N2O. The number of para-hydroxylation sites is 1. The largest absolute Gasteiger partial charge is 0.384 e. The molecule has 2 N–H and O–H groups in total. The maximum atomic E-state index is 11.9. The number of benzene rings is 2. The maximum Gasteiger partial charge on any atom is 0.226 e. The van der Waals surface area contributed by atoms with Gasteiger partial charge in [0.1, 0.15) is 0 Å². The molecule has 0 radical (unpaired) electrons. The number of halogens is 3. The van der Waals surface area contributed by atoms with Crippen molar-refractivity contribution in [1.29, 1.82) is 0 Å².